The first-order chi connectivity index (χ1) is 10.6. The van der Waals surface area contributed by atoms with Gasteiger partial charge in [0, 0.05) is 17.3 Å². The van der Waals surface area contributed by atoms with Crippen molar-refractivity contribution in [3.8, 4) is 0 Å². The highest BCUT2D eigenvalue weighted by Gasteiger charge is 2.35. The SMILES string of the molecule is NC1(C(=O)Nc2ccc(NC(=O)C3CC3)cc2)CCCCC1. The number of rotatable bonds is 4. The molecule has 3 rings (SSSR count). The fourth-order valence-corrected chi connectivity index (χ4v) is 2.89. The summed E-state index contributed by atoms with van der Waals surface area (Å²) < 4.78 is 0. The minimum absolute atomic E-state index is 0.0832. The average Bonchev–Trinajstić information content (AvgIpc) is 3.35. The fraction of sp³-hybridized carbons (Fsp3) is 0.529. The van der Waals surface area contributed by atoms with Crippen LogP contribution in [0.4, 0.5) is 11.4 Å². The van der Waals surface area contributed by atoms with Crippen molar-refractivity contribution in [1.29, 1.82) is 0 Å². The summed E-state index contributed by atoms with van der Waals surface area (Å²) in [4.78, 5) is 24.0. The van der Waals surface area contributed by atoms with Gasteiger partial charge in [-0.05, 0) is 49.9 Å². The molecule has 0 aliphatic heterocycles. The minimum Gasteiger partial charge on any atom is -0.326 e. The van der Waals surface area contributed by atoms with E-state index in [1.807, 2.05) is 0 Å². The third-order valence-electron chi connectivity index (χ3n) is 4.56. The van der Waals surface area contributed by atoms with Crippen molar-refractivity contribution in [3.63, 3.8) is 0 Å². The molecule has 22 heavy (non-hydrogen) atoms. The Morgan fingerprint density at radius 2 is 1.50 bits per heavy atom. The predicted octanol–water partition coefficient (Wildman–Crippen LogP) is 2.64. The molecule has 5 heteroatoms. The van der Waals surface area contributed by atoms with Crippen LogP contribution in [0.2, 0.25) is 0 Å². The molecule has 4 N–H and O–H groups in total. The highest BCUT2D eigenvalue weighted by Crippen LogP contribution is 2.30. The summed E-state index contributed by atoms with van der Waals surface area (Å²) >= 11 is 0. The first-order valence-corrected chi connectivity index (χ1v) is 8.08. The van der Waals surface area contributed by atoms with Crippen LogP contribution in [0.25, 0.3) is 0 Å². The van der Waals surface area contributed by atoms with Gasteiger partial charge >= 0.3 is 0 Å². The molecule has 1 aromatic rings. The first kappa shape index (κ1) is 15.0. The molecule has 2 saturated carbocycles. The number of nitrogens with two attached hydrogens (primary N) is 1. The van der Waals surface area contributed by atoms with E-state index in [-0.39, 0.29) is 17.7 Å². The van der Waals surface area contributed by atoms with Crippen LogP contribution >= 0.6 is 0 Å². The Labute approximate surface area is 130 Å². The van der Waals surface area contributed by atoms with Gasteiger partial charge in [-0.25, -0.2) is 0 Å². The third-order valence-corrected chi connectivity index (χ3v) is 4.56. The molecule has 0 unspecified atom stereocenters. The van der Waals surface area contributed by atoms with Gasteiger partial charge in [-0.15, -0.1) is 0 Å². The Morgan fingerprint density at radius 3 is 2.05 bits per heavy atom. The van der Waals surface area contributed by atoms with Gasteiger partial charge in [0.15, 0.2) is 0 Å². The smallest absolute Gasteiger partial charge is 0.244 e. The molecule has 0 saturated heterocycles. The molecular weight excluding hydrogens is 278 g/mol. The Kier molecular flexibility index (Phi) is 4.16. The number of hydrogen-bond acceptors (Lipinski definition) is 3. The normalized spacial score (nSPS) is 20.2. The number of anilines is 2. The van der Waals surface area contributed by atoms with Crippen molar-refractivity contribution >= 4 is 23.2 Å². The highest BCUT2D eigenvalue weighted by atomic mass is 16.2. The van der Waals surface area contributed by atoms with E-state index in [0.717, 1.165) is 50.6 Å². The van der Waals surface area contributed by atoms with E-state index in [1.54, 1.807) is 24.3 Å². The molecule has 0 radical (unpaired) electrons. The lowest BCUT2D eigenvalue weighted by Gasteiger charge is -2.31. The largest absolute Gasteiger partial charge is 0.326 e. The van der Waals surface area contributed by atoms with Gasteiger partial charge in [0.2, 0.25) is 11.8 Å². The Morgan fingerprint density at radius 1 is 0.955 bits per heavy atom. The van der Waals surface area contributed by atoms with Crippen LogP contribution in [-0.4, -0.2) is 17.4 Å². The molecule has 2 aliphatic carbocycles. The second-order valence-electron chi connectivity index (χ2n) is 6.51. The second-order valence-corrected chi connectivity index (χ2v) is 6.51. The molecule has 2 amide bonds. The lowest BCUT2D eigenvalue weighted by atomic mass is 9.82. The molecular formula is C17H23N3O2. The second kappa shape index (κ2) is 6.08. The molecule has 118 valence electrons. The number of hydrogen-bond donors (Lipinski definition) is 3. The Hall–Kier alpha value is -1.88. The van der Waals surface area contributed by atoms with Gasteiger partial charge < -0.3 is 16.4 Å². The minimum atomic E-state index is -0.739. The van der Waals surface area contributed by atoms with E-state index in [9.17, 15) is 9.59 Å². The van der Waals surface area contributed by atoms with E-state index in [0.29, 0.717) is 5.69 Å². The zero-order chi connectivity index (χ0) is 15.6. The van der Waals surface area contributed by atoms with Crippen LogP contribution in [0.5, 0.6) is 0 Å². The summed E-state index contributed by atoms with van der Waals surface area (Å²) in [6, 6.07) is 7.21. The van der Waals surface area contributed by atoms with E-state index in [4.69, 9.17) is 5.73 Å². The number of carbonyl (C=O) groups excluding carboxylic acids is 2. The van der Waals surface area contributed by atoms with E-state index in [2.05, 4.69) is 10.6 Å². The van der Waals surface area contributed by atoms with Crippen LogP contribution < -0.4 is 16.4 Å². The fourth-order valence-electron chi connectivity index (χ4n) is 2.89. The molecule has 0 heterocycles. The van der Waals surface area contributed by atoms with Gasteiger partial charge in [0.05, 0.1) is 5.54 Å². The van der Waals surface area contributed by atoms with Crippen molar-refractivity contribution in [2.24, 2.45) is 11.7 Å². The summed E-state index contributed by atoms with van der Waals surface area (Å²) in [5.41, 5.74) is 6.95. The molecule has 0 atom stereocenters. The lowest BCUT2D eigenvalue weighted by Crippen LogP contribution is -2.52. The average molecular weight is 301 g/mol. The lowest BCUT2D eigenvalue weighted by molar-refractivity contribution is -0.122. The zero-order valence-electron chi connectivity index (χ0n) is 12.7. The Balaban J connectivity index is 1.58. The van der Waals surface area contributed by atoms with Crippen LogP contribution in [0.1, 0.15) is 44.9 Å². The predicted molar refractivity (Wildman–Crippen MR) is 86.4 cm³/mol. The summed E-state index contributed by atoms with van der Waals surface area (Å²) in [6.07, 6.45) is 6.63. The van der Waals surface area contributed by atoms with Gasteiger partial charge in [0.1, 0.15) is 0 Å². The van der Waals surface area contributed by atoms with Crippen LogP contribution in [0.3, 0.4) is 0 Å². The maximum absolute atomic E-state index is 12.3. The maximum atomic E-state index is 12.3. The molecule has 2 fully saturated rings. The van der Waals surface area contributed by atoms with Gasteiger partial charge in [-0.1, -0.05) is 19.3 Å². The van der Waals surface area contributed by atoms with Crippen LogP contribution in [-0.2, 0) is 9.59 Å². The van der Waals surface area contributed by atoms with Crippen LogP contribution in [0.15, 0.2) is 24.3 Å². The van der Waals surface area contributed by atoms with Gasteiger partial charge in [0.25, 0.3) is 0 Å². The van der Waals surface area contributed by atoms with Crippen LogP contribution in [0, 0.1) is 5.92 Å². The molecule has 1 aromatic carbocycles. The summed E-state index contributed by atoms with van der Waals surface area (Å²) in [6.45, 7) is 0. The molecule has 2 aliphatic rings. The summed E-state index contributed by atoms with van der Waals surface area (Å²) in [7, 11) is 0. The summed E-state index contributed by atoms with van der Waals surface area (Å²) in [5.74, 6) is 0.157. The van der Waals surface area contributed by atoms with Crippen molar-refractivity contribution in [2.45, 2.75) is 50.5 Å². The topological polar surface area (TPSA) is 84.2 Å². The van der Waals surface area contributed by atoms with Crippen molar-refractivity contribution in [3.05, 3.63) is 24.3 Å². The number of nitrogens with one attached hydrogen (secondary N) is 2. The highest BCUT2D eigenvalue weighted by molar-refractivity contribution is 5.98. The maximum Gasteiger partial charge on any atom is 0.244 e. The summed E-state index contributed by atoms with van der Waals surface area (Å²) in [5, 5.41) is 5.77. The number of amides is 2. The molecule has 0 bridgehead atoms. The van der Waals surface area contributed by atoms with Crippen molar-refractivity contribution in [2.75, 3.05) is 10.6 Å². The molecule has 5 nitrogen and oxygen atoms in total. The van der Waals surface area contributed by atoms with E-state index < -0.39 is 5.54 Å². The Bertz CT molecular complexity index is 558. The molecule has 0 spiro atoms. The van der Waals surface area contributed by atoms with Gasteiger partial charge in [-0.3, -0.25) is 9.59 Å². The van der Waals surface area contributed by atoms with E-state index >= 15 is 0 Å². The van der Waals surface area contributed by atoms with Crippen molar-refractivity contribution < 1.29 is 9.59 Å². The van der Waals surface area contributed by atoms with Gasteiger partial charge in [-0.2, -0.15) is 0 Å². The quantitative estimate of drug-likeness (QED) is 0.799. The zero-order valence-corrected chi connectivity index (χ0v) is 12.7. The number of carbonyl (C=O) groups is 2. The third kappa shape index (κ3) is 3.47. The van der Waals surface area contributed by atoms with E-state index in [1.165, 1.54) is 0 Å². The number of benzene rings is 1. The standard InChI is InChI=1S/C17H23N3O2/c18-17(10-2-1-3-11-17)16(22)20-14-8-6-13(7-9-14)19-15(21)12-4-5-12/h6-9,12H,1-5,10-11,18H2,(H,19,21)(H,20,22). The first-order valence-electron chi connectivity index (χ1n) is 8.08. The monoisotopic (exact) mass is 301 g/mol. The van der Waals surface area contributed by atoms with Crippen molar-refractivity contribution in [1.82, 2.24) is 0 Å². The molecule has 0 aromatic heterocycles.